The number of hydrogen-bond acceptors (Lipinski definition) is 4. The van der Waals surface area contributed by atoms with Crippen LogP contribution in [0.2, 0.25) is 0 Å². The minimum Gasteiger partial charge on any atom is -0.481 e. The lowest BCUT2D eigenvalue weighted by Gasteiger charge is -2.35. The van der Waals surface area contributed by atoms with E-state index < -0.39 is 0 Å². The van der Waals surface area contributed by atoms with Crippen molar-refractivity contribution >= 4 is 5.69 Å². The van der Waals surface area contributed by atoms with Crippen LogP contribution < -0.4 is 9.64 Å². The van der Waals surface area contributed by atoms with Crippen LogP contribution in [0.25, 0.3) is 11.1 Å². The van der Waals surface area contributed by atoms with Gasteiger partial charge in [0.1, 0.15) is 0 Å². The quantitative estimate of drug-likeness (QED) is 0.865. The summed E-state index contributed by atoms with van der Waals surface area (Å²) in [6, 6.07) is 10.8. The molecule has 4 heteroatoms. The van der Waals surface area contributed by atoms with Crippen molar-refractivity contribution in [2.24, 2.45) is 0 Å². The first-order valence-electron chi connectivity index (χ1n) is 7.98. The Labute approximate surface area is 137 Å². The lowest BCUT2D eigenvalue weighted by molar-refractivity contribution is 0.398. The predicted molar refractivity (Wildman–Crippen MR) is 91.7 cm³/mol. The van der Waals surface area contributed by atoms with Crippen molar-refractivity contribution in [1.82, 2.24) is 4.98 Å². The Morgan fingerprint density at radius 1 is 1.30 bits per heavy atom. The van der Waals surface area contributed by atoms with Crippen LogP contribution in [-0.2, 0) is 6.42 Å². The molecule has 0 aliphatic carbocycles. The van der Waals surface area contributed by atoms with E-state index in [0.717, 1.165) is 30.5 Å². The van der Waals surface area contributed by atoms with Gasteiger partial charge in [0.05, 0.1) is 18.7 Å². The van der Waals surface area contributed by atoms with Crippen molar-refractivity contribution in [2.45, 2.75) is 32.7 Å². The largest absolute Gasteiger partial charge is 0.481 e. The third-order valence-corrected chi connectivity index (χ3v) is 4.37. The number of anilines is 1. The van der Waals surface area contributed by atoms with Crippen LogP contribution in [-0.4, -0.2) is 24.7 Å². The van der Waals surface area contributed by atoms with Crippen molar-refractivity contribution in [3.8, 4) is 23.1 Å². The number of hydrogen-bond donors (Lipinski definition) is 0. The molecule has 4 nitrogen and oxygen atoms in total. The molecular formula is C19H21N3O. The number of ether oxygens (including phenoxy) is 1. The first kappa shape index (κ1) is 15.4. The van der Waals surface area contributed by atoms with Crippen LogP contribution in [0.1, 0.15) is 31.4 Å². The Hall–Kier alpha value is -2.54. The fourth-order valence-electron chi connectivity index (χ4n) is 3.22. The van der Waals surface area contributed by atoms with Gasteiger partial charge in [0, 0.05) is 36.1 Å². The number of rotatable bonds is 3. The Bertz CT molecular complexity index is 762. The summed E-state index contributed by atoms with van der Waals surface area (Å²) in [4.78, 5) is 6.53. The number of benzene rings is 1. The molecule has 0 bridgehead atoms. The molecule has 1 aliphatic rings. The molecule has 1 aromatic heterocycles. The number of aromatic nitrogens is 1. The first-order valence-corrected chi connectivity index (χ1v) is 7.98. The third-order valence-electron chi connectivity index (χ3n) is 4.37. The van der Waals surface area contributed by atoms with E-state index in [1.807, 2.05) is 18.2 Å². The molecule has 0 fully saturated rings. The minimum atomic E-state index is 0.437. The van der Waals surface area contributed by atoms with E-state index in [4.69, 9.17) is 4.74 Å². The van der Waals surface area contributed by atoms with Gasteiger partial charge >= 0.3 is 0 Å². The van der Waals surface area contributed by atoms with Gasteiger partial charge in [0.2, 0.25) is 5.88 Å². The van der Waals surface area contributed by atoms with Crippen LogP contribution in [0.5, 0.6) is 5.88 Å². The molecule has 3 rings (SSSR count). The first-order chi connectivity index (χ1) is 11.1. The SMILES string of the molecule is COc1cc(-c2cc3c(cc2C#N)N(C(C)C)CCC3)ccn1. The summed E-state index contributed by atoms with van der Waals surface area (Å²) in [7, 11) is 1.60. The Morgan fingerprint density at radius 3 is 2.83 bits per heavy atom. The Kier molecular flexibility index (Phi) is 4.20. The number of nitrogens with zero attached hydrogens (tertiary/aromatic N) is 3. The maximum atomic E-state index is 9.62. The summed E-state index contributed by atoms with van der Waals surface area (Å²) in [5, 5.41) is 9.62. The van der Waals surface area contributed by atoms with E-state index in [0.29, 0.717) is 17.5 Å². The van der Waals surface area contributed by atoms with E-state index in [-0.39, 0.29) is 0 Å². The highest BCUT2D eigenvalue weighted by molar-refractivity contribution is 5.76. The summed E-state index contributed by atoms with van der Waals surface area (Å²) in [6.45, 7) is 5.45. The number of nitriles is 1. The van der Waals surface area contributed by atoms with Gasteiger partial charge in [-0.15, -0.1) is 0 Å². The van der Waals surface area contributed by atoms with Gasteiger partial charge in [-0.05, 0) is 56.0 Å². The molecule has 0 N–H and O–H groups in total. The van der Waals surface area contributed by atoms with Gasteiger partial charge in [0.25, 0.3) is 0 Å². The summed E-state index contributed by atoms with van der Waals surface area (Å²) < 4.78 is 5.21. The average molecular weight is 307 g/mol. The van der Waals surface area contributed by atoms with E-state index in [9.17, 15) is 5.26 Å². The molecule has 2 aromatic rings. The maximum Gasteiger partial charge on any atom is 0.213 e. The zero-order chi connectivity index (χ0) is 16.4. The van der Waals surface area contributed by atoms with Crippen molar-refractivity contribution in [3.05, 3.63) is 41.6 Å². The second kappa shape index (κ2) is 6.29. The fraction of sp³-hybridized carbons (Fsp3) is 0.368. The molecule has 0 saturated heterocycles. The van der Waals surface area contributed by atoms with Crippen molar-refractivity contribution in [2.75, 3.05) is 18.6 Å². The molecule has 1 aliphatic heterocycles. The average Bonchev–Trinajstić information content (AvgIpc) is 2.59. The van der Waals surface area contributed by atoms with Crippen molar-refractivity contribution in [1.29, 1.82) is 5.26 Å². The van der Waals surface area contributed by atoms with E-state index in [1.54, 1.807) is 13.3 Å². The molecule has 0 atom stereocenters. The predicted octanol–water partition coefficient (Wildman–Crippen LogP) is 3.79. The monoisotopic (exact) mass is 307 g/mol. The lowest BCUT2D eigenvalue weighted by atomic mass is 9.92. The molecule has 0 spiro atoms. The topological polar surface area (TPSA) is 49.1 Å². The number of pyridine rings is 1. The highest BCUT2D eigenvalue weighted by atomic mass is 16.5. The van der Waals surface area contributed by atoms with Crippen LogP contribution in [0.3, 0.4) is 0 Å². The van der Waals surface area contributed by atoms with E-state index in [2.05, 4.69) is 35.9 Å². The second-order valence-electron chi connectivity index (χ2n) is 6.12. The number of aryl methyl sites for hydroxylation is 1. The highest BCUT2D eigenvalue weighted by Crippen LogP contribution is 2.35. The Morgan fingerprint density at radius 2 is 2.13 bits per heavy atom. The maximum absolute atomic E-state index is 9.62. The number of fused-ring (bicyclic) bond motifs is 1. The summed E-state index contributed by atoms with van der Waals surface area (Å²) >= 11 is 0. The third kappa shape index (κ3) is 2.87. The van der Waals surface area contributed by atoms with E-state index >= 15 is 0 Å². The van der Waals surface area contributed by atoms with Gasteiger partial charge in [-0.25, -0.2) is 4.98 Å². The van der Waals surface area contributed by atoms with Gasteiger partial charge in [-0.1, -0.05) is 0 Å². The van der Waals surface area contributed by atoms with Gasteiger partial charge < -0.3 is 9.64 Å². The summed E-state index contributed by atoms with van der Waals surface area (Å²) in [6.07, 6.45) is 3.92. The molecule has 0 radical (unpaired) electrons. The van der Waals surface area contributed by atoms with Crippen LogP contribution in [0, 0.1) is 11.3 Å². The summed E-state index contributed by atoms with van der Waals surface area (Å²) in [5.74, 6) is 0.563. The molecular weight excluding hydrogens is 286 g/mol. The van der Waals surface area contributed by atoms with Gasteiger partial charge in [-0.2, -0.15) is 5.26 Å². The highest BCUT2D eigenvalue weighted by Gasteiger charge is 2.21. The molecule has 0 amide bonds. The van der Waals surface area contributed by atoms with Crippen LogP contribution in [0.4, 0.5) is 5.69 Å². The zero-order valence-electron chi connectivity index (χ0n) is 13.8. The van der Waals surface area contributed by atoms with Crippen LogP contribution in [0.15, 0.2) is 30.5 Å². The molecule has 0 saturated carbocycles. The second-order valence-corrected chi connectivity index (χ2v) is 6.12. The van der Waals surface area contributed by atoms with Crippen molar-refractivity contribution in [3.63, 3.8) is 0 Å². The molecule has 1 aromatic carbocycles. The molecule has 2 heterocycles. The van der Waals surface area contributed by atoms with Crippen molar-refractivity contribution < 1.29 is 4.74 Å². The molecule has 0 unspecified atom stereocenters. The summed E-state index contributed by atoms with van der Waals surface area (Å²) in [5.41, 5.74) is 5.14. The zero-order valence-corrected chi connectivity index (χ0v) is 13.8. The fourth-order valence-corrected chi connectivity index (χ4v) is 3.22. The molecule has 23 heavy (non-hydrogen) atoms. The van der Waals surface area contributed by atoms with E-state index in [1.165, 1.54) is 11.3 Å². The number of methoxy groups -OCH3 is 1. The normalized spacial score (nSPS) is 13.6. The lowest BCUT2D eigenvalue weighted by Crippen LogP contribution is -2.35. The van der Waals surface area contributed by atoms with Crippen LogP contribution >= 0.6 is 0 Å². The Balaban J connectivity index is 2.14. The standard InChI is InChI=1S/C19H21N3O/c1-13(2)22-8-4-5-15-9-17(16(12-20)10-18(15)22)14-6-7-21-19(11-14)23-3/h6-7,9-11,13H,4-5,8H2,1-3H3. The smallest absolute Gasteiger partial charge is 0.213 e. The van der Waals surface area contributed by atoms with Gasteiger partial charge in [-0.3, -0.25) is 0 Å². The van der Waals surface area contributed by atoms with Gasteiger partial charge in [0.15, 0.2) is 0 Å². The minimum absolute atomic E-state index is 0.437. The molecule has 118 valence electrons.